The minimum absolute atomic E-state index is 0.320. The Morgan fingerprint density at radius 2 is 1.93 bits per heavy atom. The summed E-state index contributed by atoms with van der Waals surface area (Å²) in [4.78, 5) is 9.39. The van der Waals surface area contributed by atoms with E-state index in [2.05, 4.69) is 15.9 Å². The molecule has 1 aromatic rings. The van der Waals surface area contributed by atoms with Crippen molar-refractivity contribution in [1.29, 1.82) is 0 Å². The molecule has 0 aromatic heterocycles. The highest BCUT2D eigenvalue weighted by molar-refractivity contribution is 9.10. The fourth-order valence-corrected chi connectivity index (χ4v) is 1.54. The molecule has 0 aliphatic carbocycles. The van der Waals surface area contributed by atoms with E-state index >= 15 is 0 Å². The van der Waals surface area contributed by atoms with Gasteiger partial charge in [0.2, 0.25) is 0 Å². The van der Waals surface area contributed by atoms with Crippen LogP contribution in [-0.2, 0) is 6.18 Å². The van der Waals surface area contributed by atoms with E-state index in [4.69, 9.17) is 5.73 Å². The molecule has 4 nitrogen and oxygen atoms in total. The molecule has 15 heavy (non-hydrogen) atoms. The van der Waals surface area contributed by atoms with Crippen LogP contribution in [-0.4, -0.2) is 4.92 Å². The zero-order valence-corrected chi connectivity index (χ0v) is 8.59. The summed E-state index contributed by atoms with van der Waals surface area (Å²) in [5, 5.41) is 10.4. The van der Waals surface area contributed by atoms with Gasteiger partial charge < -0.3 is 5.73 Å². The summed E-state index contributed by atoms with van der Waals surface area (Å²) >= 11 is 2.64. The van der Waals surface area contributed by atoms with E-state index in [-0.39, 0.29) is 10.2 Å². The lowest BCUT2D eigenvalue weighted by molar-refractivity contribution is -0.384. The Hall–Kier alpha value is -1.31. The van der Waals surface area contributed by atoms with Crippen LogP contribution in [0, 0.1) is 10.1 Å². The van der Waals surface area contributed by atoms with E-state index in [1.165, 1.54) is 0 Å². The number of hydrogen-bond donors (Lipinski definition) is 1. The molecular formula is C7H4BrF3N2O2. The molecule has 0 aliphatic heterocycles. The lowest BCUT2D eigenvalue weighted by Crippen LogP contribution is -2.08. The maximum atomic E-state index is 12.3. The highest BCUT2D eigenvalue weighted by atomic mass is 79.9. The molecule has 0 saturated heterocycles. The van der Waals surface area contributed by atoms with Gasteiger partial charge in [0.25, 0.3) is 5.69 Å². The predicted octanol–water partition coefficient (Wildman–Crippen LogP) is 2.96. The van der Waals surface area contributed by atoms with Crippen LogP contribution < -0.4 is 5.73 Å². The molecule has 0 spiro atoms. The van der Waals surface area contributed by atoms with Crippen LogP contribution in [0.4, 0.5) is 24.5 Å². The molecule has 0 aliphatic rings. The monoisotopic (exact) mass is 284 g/mol. The molecule has 1 rings (SSSR count). The van der Waals surface area contributed by atoms with E-state index < -0.39 is 22.4 Å². The largest absolute Gasteiger partial charge is 0.417 e. The van der Waals surface area contributed by atoms with Crippen LogP contribution >= 0.6 is 15.9 Å². The van der Waals surface area contributed by atoms with Gasteiger partial charge in [0.05, 0.1) is 10.5 Å². The van der Waals surface area contributed by atoms with Crippen molar-refractivity contribution in [3.05, 3.63) is 32.3 Å². The number of nitrogens with zero attached hydrogens (tertiary/aromatic N) is 1. The number of benzene rings is 1. The third kappa shape index (κ3) is 2.38. The van der Waals surface area contributed by atoms with Crippen LogP contribution in [0.1, 0.15) is 5.56 Å². The number of rotatable bonds is 1. The van der Waals surface area contributed by atoms with Gasteiger partial charge >= 0.3 is 6.18 Å². The fraction of sp³-hybridized carbons (Fsp3) is 0.143. The molecule has 0 atom stereocenters. The summed E-state index contributed by atoms with van der Waals surface area (Å²) in [6, 6.07) is 1.26. The summed E-state index contributed by atoms with van der Waals surface area (Å²) in [6.45, 7) is 0. The van der Waals surface area contributed by atoms with Gasteiger partial charge in [-0.15, -0.1) is 0 Å². The quantitative estimate of drug-likeness (QED) is 0.490. The number of nitro benzene ring substituents is 1. The summed E-state index contributed by atoms with van der Waals surface area (Å²) in [5.41, 5.74) is 3.00. The van der Waals surface area contributed by atoms with Crippen molar-refractivity contribution in [3.63, 3.8) is 0 Å². The maximum absolute atomic E-state index is 12.3. The first kappa shape index (κ1) is 11.8. The Kier molecular flexibility index (Phi) is 2.89. The molecule has 0 heterocycles. The molecule has 2 N–H and O–H groups in total. The number of nitrogen functional groups attached to an aromatic ring is 1. The molecule has 0 unspecified atom stereocenters. The predicted molar refractivity (Wildman–Crippen MR) is 50.2 cm³/mol. The zero-order chi connectivity index (χ0) is 11.8. The molecule has 0 bridgehead atoms. The Bertz CT molecular complexity index is 419. The zero-order valence-electron chi connectivity index (χ0n) is 7.01. The smallest absolute Gasteiger partial charge is 0.393 e. The first-order chi connectivity index (χ1) is 6.73. The first-order valence-electron chi connectivity index (χ1n) is 3.54. The number of alkyl halides is 3. The van der Waals surface area contributed by atoms with Gasteiger partial charge in [-0.3, -0.25) is 10.1 Å². The number of halogens is 4. The average Bonchev–Trinajstić information content (AvgIpc) is 2.00. The van der Waals surface area contributed by atoms with E-state index in [0.29, 0.717) is 6.07 Å². The molecular weight excluding hydrogens is 281 g/mol. The second-order valence-corrected chi connectivity index (χ2v) is 3.50. The van der Waals surface area contributed by atoms with E-state index in [0.717, 1.165) is 6.07 Å². The fourth-order valence-electron chi connectivity index (χ4n) is 0.953. The van der Waals surface area contributed by atoms with Gasteiger partial charge in [0, 0.05) is 10.5 Å². The van der Waals surface area contributed by atoms with Crippen molar-refractivity contribution in [2.45, 2.75) is 6.18 Å². The second kappa shape index (κ2) is 3.69. The minimum atomic E-state index is -4.66. The van der Waals surface area contributed by atoms with E-state index in [9.17, 15) is 23.3 Å². The Balaban J connectivity index is 3.43. The van der Waals surface area contributed by atoms with Crippen molar-refractivity contribution in [3.8, 4) is 0 Å². The second-order valence-electron chi connectivity index (χ2n) is 2.65. The van der Waals surface area contributed by atoms with Crippen LogP contribution in [0.2, 0.25) is 0 Å². The van der Waals surface area contributed by atoms with Gasteiger partial charge in [-0.2, -0.15) is 13.2 Å². The van der Waals surface area contributed by atoms with Crippen LogP contribution in [0.15, 0.2) is 16.6 Å². The van der Waals surface area contributed by atoms with Crippen molar-refractivity contribution in [2.24, 2.45) is 0 Å². The minimum Gasteiger partial charge on any atom is -0.393 e. The lowest BCUT2D eigenvalue weighted by atomic mass is 10.1. The summed E-state index contributed by atoms with van der Waals surface area (Å²) in [6.07, 6.45) is -4.66. The van der Waals surface area contributed by atoms with Gasteiger partial charge in [-0.25, -0.2) is 0 Å². The first-order valence-corrected chi connectivity index (χ1v) is 4.33. The van der Waals surface area contributed by atoms with Crippen LogP contribution in [0.25, 0.3) is 0 Å². The molecule has 82 valence electrons. The van der Waals surface area contributed by atoms with E-state index in [1.807, 2.05) is 0 Å². The molecule has 0 saturated carbocycles. The van der Waals surface area contributed by atoms with Crippen molar-refractivity contribution in [2.75, 3.05) is 5.73 Å². The van der Waals surface area contributed by atoms with Gasteiger partial charge in [0.1, 0.15) is 5.69 Å². The average molecular weight is 285 g/mol. The Labute approximate surface area is 90.2 Å². The molecule has 0 fully saturated rings. The Morgan fingerprint density at radius 3 is 2.33 bits per heavy atom. The molecule has 0 amide bonds. The highest BCUT2D eigenvalue weighted by Gasteiger charge is 2.35. The number of nitrogens with two attached hydrogens (primary N) is 1. The van der Waals surface area contributed by atoms with E-state index in [1.54, 1.807) is 0 Å². The summed E-state index contributed by atoms with van der Waals surface area (Å²) in [7, 11) is 0. The standard InChI is InChI=1S/C7H4BrF3N2O2/c8-4-2-5(12)6(13(14)15)1-3(4)7(9,10)11/h1-2H,12H2. The third-order valence-corrected chi connectivity index (χ3v) is 2.27. The van der Waals surface area contributed by atoms with Gasteiger partial charge in [-0.1, -0.05) is 15.9 Å². The van der Waals surface area contributed by atoms with Gasteiger partial charge in [0.15, 0.2) is 0 Å². The lowest BCUT2D eigenvalue weighted by Gasteiger charge is -2.09. The van der Waals surface area contributed by atoms with Crippen molar-refractivity contribution < 1.29 is 18.1 Å². The SMILES string of the molecule is Nc1cc(Br)c(C(F)(F)F)cc1[N+](=O)[O-]. The highest BCUT2D eigenvalue weighted by Crippen LogP contribution is 2.39. The van der Waals surface area contributed by atoms with Gasteiger partial charge in [-0.05, 0) is 6.07 Å². The summed E-state index contributed by atoms with van der Waals surface area (Å²) in [5.74, 6) is 0. The summed E-state index contributed by atoms with van der Waals surface area (Å²) < 4.78 is 36.7. The van der Waals surface area contributed by atoms with Crippen molar-refractivity contribution in [1.82, 2.24) is 0 Å². The topological polar surface area (TPSA) is 69.2 Å². The van der Waals surface area contributed by atoms with Crippen molar-refractivity contribution >= 4 is 27.3 Å². The number of nitro groups is 1. The normalized spacial score (nSPS) is 11.5. The third-order valence-electron chi connectivity index (χ3n) is 1.62. The number of hydrogen-bond acceptors (Lipinski definition) is 3. The molecule has 1 aromatic carbocycles. The van der Waals surface area contributed by atoms with Crippen LogP contribution in [0.3, 0.4) is 0 Å². The molecule has 8 heteroatoms. The maximum Gasteiger partial charge on any atom is 0.417 e. The van der Waals surface area contributed by atoms with Crippen LogP contribution in [0.5, 0.6) is 0 Å². The molecule has 0 radical (unpaired) electrons. The Morgan fingerprint density at radius 1 is 1.40 bits per heavy atom. The number of anilines is 1.